The van der Waals surface area contributed by atoms with Crippen molar-refractivity contribution in [1.29, 1.82) is 0 Å². The van der Waals surface area contributed by atoms with Crippen LogP contribution in [0.5, 0.6) is 17.2 Å². The van der Waals surface area contributed by atoms with E-state index in [9.17, 15) is 0 Å². The van der Waals surface area contributed by atoms with E-state index >= 15 is 0 Å². The molecule has 34 heavy (non-hydrogen) atoms. The normalized spacial score (nSPS) is 21.1. The lowest BCUT2D eigenvalue weighted by atomic mass is 9.81. The Hall–Kier alpha value is -3.22. The topological polar surface area (TPSA) is 55.0 Å². The van der Waals surface area contributed by atoms with Gasteiger partial charge in [0.2, 0.25) is 0 Å². The lowest BCUT2D eigenvalue weighted by Gasteiger charge is -2.39. The Kier molecular flexibility index (Phi) is 6.35. The first-order valence-corrected chi connectivity index (χ1v) is 11.9. The minimum atomic E-state index is 0.167. The maximum Gasteiger partial charge on any atom is 0.162 e. The number of aryl methyl sites for hydroxylation is 1. The Bertz CT molecular complexity index is 1150. The Morgan fingerprint density at radius 1 is 0.912 bits per heavy atom. The van der Waals surface area contributed by atoms with Gasteiger partial charge in [-0.1, -0.05) is 42.0 Å². The number of anilines is 1. The van der Waals surface area contributed by atoms with E-state index in [0.717, 1.165) is 30.3 Å². The highest BCUT2D eigenvalue weighted by Gasteiger charge is 2.43. The fourth-order valence-corrected chi connectivity index (χ4v) is 5.31. The van der Waals surface area contributed by atoms with Crippen molar-refractivity contribution in [2.45, 2.75) is 32.5 Å². The number of nitrogens with zero attached hydrogens (tertiary/aromatic N) is 1. The van der Waals surface area contributed by atoms with Crippen LogP contribution < -0.4 is 30.0 Å². The van der Waals surface area contributed by atoms with Crippen molar-refractivity contribution in [3.8, 4) is 17.2 Å². The van der Waals surface area contributed by atoms with Crippen LogP contribution in [-0.2, 0) is 6.54 Å². The van der Waals surface area contributed by atoms with E-state index in [2.05, 4.69) is 83.3 Å². The van der Waals surface area contributed by atoms with Gasteiger partial charge < -0.3 is 19.1 Å². The molecule has 1 saturated heterocycles. The zero-order valence-corrected chi connectivity index (χ0v) is 20.3. The van der Waals surface area contributed by atoms with E-state index in [1.807, 2.05) is 6.92 Å². The van der Waals surface area contributed by atoms with Crippen LogP contribution in [0.1, 0.15) is 41.3 Å². The van der Waals surface area contributed by atoms with E-state index in [1.54, 1.807) is 14.2 Å². The van der Waals surface area contributed by atoms with Crippen molar-refractivity contribution in [1.82, 2.24) is 10.9 Å². The molecule has 0 aromatic heterocycles. The molecule has 0 amide bonds. The molecule has 1 fully saturated rings. The lowest BCUT2D eigenvalue weighted by molar-refractivity contribution is 0.339. The molecule has 3 atom stereocenters. The first-order chi connectivity index (χ1) is 16.6. The summed E-state index contributed by atoms with van der Waals surface area (Å²) >= 11 is 0. The van der Waals surface area contributed by atoms with Gasteiger partial charge in [0, 0.05) is 30.8 Å². The molecule has 3 aromatic carbocycles. The minimum Gasteiger partial charge on any atom is -0.494 e. The van der Waals surface area contributed by atoms with Gasteiger partial charge in [-0.05, 0) is 48.7 Å². The molecule has 2 aliphatic rings. The van der Waals surface area contributed by atoms with Crippen LogP contribution in [0.2, 0.25) is 0 Å². The SMILES string of the molecule is CCOc1ccc(C2NNC3c4cc(OC)c(OC)cc4N(Cc4cccc(C)c4)CC23)cc1. The summed E-state index contributed by atoms with van der Waals surface area (Å²) in [4.78, 5) is 2.48. The van der Waals surface area contributed by atoms with Crippen molar-refractivity contribution < 1.29 is 14.2 Å². The van der Waals surface area contributed by atoms with E-state index in [-0.39, 0.29) is 12.1 Å². The number of nitrogens with one attached hydrogen (secondary N) is 2. The molecule has 2 heterocycles. The van der Waals surface area contributed by atoms with E-state index in [0.29, 0.717) is 12.5 Å². The number of hydrogen-bond donors (Lipinski definition) is 2. The summed E-state index contributed by atoms with van der Waals surface area (Å²) in [6, 6.07) is 21.8. The fraction of sp³-hybridized carbons (Fsp3) is 0.357. The third-order valence-electron chi connectivity index (χ3n) is 6.90. The summed E-state index contributed by atoms with van der Waals surface area (Å²) in [6.45, 7) is 6.57. The molecule has 3 aromatic rings. The maximum absolute atomic E-state index is 5.66. The number of hydrazine groups is 1. The second kappa shape index (κ2) is 9.57. The molecule has 0 bridgehead atoms. The predicted molar refractivity (Wildman–Crippen MR) is 135 cm³/mol. The summed E-state index contributed by atoms with van der Waals surface area (Å²) in [7, 11) is 3.39. The standard InChI is InChI=1S/C28H33N3O3/c1-5-34-21-11-9-20(10-12-21)27-23-17-31(16-19-8-6-7-18(2)13-19)24-15-26(33-4)25(32-3)14-22(24)28(23)30-29-27/h6-15,23,27-30H,5,16-17H2,1-4H3. The average Bonchev–Trinajstić information content (AvgIpc) is 3.28. The van der Waals surface area contributed by atoms with Crippen LogP contribution in [0.15, 0.2) is 60.7 Å². The van der Waals surface area contributed by atoms with Gasteiger partial charge in [0.15, 0.2) is 11.5 Å². The quantitative estimate of drug-likeness (QED) is 0.522. The van der Waals surface area contributed by atoms with Crippen LogP contribution in [-0.4, -0.2) is 27.4 Å². The lowest BCUT2D eigenvalue weighted by Crippen LogP contribution is -2.39. The van der Waals surface area contributed by atoms with Crippen molar-refractivity contribution >= 4 is 5.69 Å². The summed E-state index contributed by atoms with van der Waals surface area (Å²) in [5.74, 6) is 2.75. The zero-order chi connectivity index (χ0) is 23.7. The summed E-state index contributed by atoms with van der Waals surface area (Å²) in [5.41, 5.74) is 13.4. The predicted octanol–water partition coefficient (Wildman–Crippen LogP) is 4.94. The highest BCUT2D eigenvalue weighted by Crippen LogP contribution is 2.49. The largest absolute Gasteiger partial charge is 0.494 e. The summed E-state index contributed by atoms with van der Waals surface area (Å²) < 4.78 is 17.0. The Labute approximate surface area is 201 Å². The van der Waals surface area contributed by atoms with Crippen LogP contribution in [0, 0.1) is 12.8 Å². The first kappa shape index (κ1) is 22.6. The van der Waals surface area contributed by atoms with E-state index in [1.165, 1.54) is 27.9 Å². The molecule has 2 aliphatic heterocycles. The van der Waals surface area contributed by atoms with Gasteiger partial charge in [-0.2, -0.15) is 0 Å². The first-order valence-electron chi connectivity index (χ1n) is 11.9. The zero-order valence-electron chi connectivity index (χ0n) is 20.3. The molecule has 0 radical (unpaired) electrons. The van der Waals surface area contributed by atoms with Crippen LogP contribution in [0.4, 0.5) is 5.69 Å². The van der Waals surface area contributed by atoms with Crippen molar-refractivity contribution in [3.05, 3.63) is 82.9 Å². The second-order valence-corrected chi connectivity index (χ2v) is 9.05. The summed E-state index contributed by atoms with van der Waals surface area (Å²) in [6.07, 6.45) is 0. The second-order valence-electron chi connectivity index (χ2n) is 9.05. The molecule has 178 valence electrons. The average molecular weight is 460 g/mol. The monoisotopic (exact) mass is 459 g/mol. The van der Waals surface area contributed by atoms with E-state index in [4.69, 9.17) is 14.2 Å². The number of ether oxygens (including phenoxy) is 3. The fourth-order valence-electron chi connectivity index (χ4n) is 5.31. The third-order valence-corrected chi connectivity index (χ3v) is 6.90. The molecular formula is C28H33N3O3. The molecule has 0 aliphatic carbocycles. The molecule has 0 saturated carbocycles. The van der Waals surface area contributed by atoms with Crippen LogP contribution in [0.3, 0.4) is 0 Å². The van der Waals surface area contributed by atoms with Crippen molar-refractivity contribution in [2.24, 2.45) is 5.92 Å². The van der Waals surface area contributed by atoms with Gasteiger partial charge in [0.25, 0.3) is 0 Å². The number of benzene rings is 3. The highest BCUT2D eigenvalue weighted by molar-refractivity contribution is 5.65. The van der Waals surface area contributed by atoms with Crippen LogP contribution in [0.25, 0.3) is 0 Å². The molecule has 6 nitrogen and oxygen atoms in total. The Morgan fingerprint density at radius 2 is 1.65 bits per heavy atom. The van der Waals surface area contributed by atoms with Gasteiger partial charge >= 0.3 is 0 Å². The smallest absolute Gasteiger partial charge is 0.162 e. The molecule has 6 heteroatoms. The van der Waals surface area contributed by atoms with Gasteiger partial charge in [0.1, 0.15) is 5.75 Å². The molecule has 5 rings (SSSR count). The third kappa shape index (κ3) is 4.19. The molecule has 3 unspecified atom stereocenters. The maximum atomic E-state index is 5.66. The molecule has 2 N–H and O–H groups in total. The van der Waals surface area contributed by atoms with Gasteiger partial charge in [0.05, 0.1) is 32.9 Å². The minimum absolute atomic E-state index is 0.167. The molecule has 0 spiro atoms. The number of hydrogen-bond acceptors (Lipinski definition) is 6. The number of methoxy groups -OCH3 is 2. The van der Waals surface area contributed by atoms with Gasteiger partial charge in [-0.3, -0.25) is 0 Å². The number of rotatable bonds is 7. The molecular weight excluding hydrogens is 426 g/mol. The Morgan fingerprint density at radius 3 is 2.35 bits per heavy atom. The van der Waals surface area contributed by atoms with E-state index < -0.39 is 0 Å². The van der Waals surface area contributed by atoms with Gasteiger partial charge in [-0.25, -0.2) is 10.9 Å². The number of fused-ring (bicyclic) bond motifs is 3. The van der Waals surface area contributed by atoms with Crippen LogP contribution >= 0.6 is 0 Å². The highest BCUT2D eigenvalue weighted by atomic mass is 16.5. The van der Waals surface area contributed by atoms with Crippen molar-refractivity contribution in [3.63, 3.8) is 0 Å². The Balaban J connectivity index is 1.52. The van der Waals surface area contributed by atoms with Crippen molar-refractivity contribution in [2.75, 3.05) is 32.3 Å². The van der Waals surface area contributed by atoms with Gasteiger partial charge in [-0.15, -0.1) is 0 Å². The summed E-state index contributed by atoms with van der Waals surface area (Å²) in [5, 5.41) is 0.